The summed E-state index contributed by atoms with van der Waals surface area (Å²) in [5.74, 6) is 0.241. The van der Waals surface area contributed by atoms with Crippen LogP contribution in [0.3, 0.4) is 0 Å². The Morgan fingerprint density at radius 2 is 1.52 bits per heavy atom. The second-order valence-electron chi connectivity index (χ2n) is 6.50. The first-order valence-corrected chi connectivity index (χ1v) is 8.07. The van der Waals surface area contributed by atoms with Gasteiger partial charge in [-0.2, -0.15) is 0 Å². The Hall–Kier alpha value is -1.88. The van der Waals surface area contributed by atoms with Crippen molar-refractivity contribution in [3.05, 3.63) is 24.3 Å². The lowest BCUT2D eigenvalue weighted by Crippen LogP contribution is -2.30. The monoisotopic (exact) mass is 319 g/mol. The lowest BCUT2D eigenvalue weighted by molar-refractivity contribution is -0.122. The van der Waals surface area contributed by atoms with Crippen molar-refractivity contribution in [2.45, 2.75) is 40.9 Å². The fourth-order valence-electron chi connectivity index (χ4n) is 2.43. The Morgan fingerprint density at radius 3 is 2.00 bits per heavy atom. The molecule has 0 N–H and O–H groups in total. The van der Waals surface area contributed by atoms with Crippen LogP contribution in [0, 0.1) is 17.8 Å². The van der Waals surface area contributed by atoms with Crippen LogP contribution in [-0.2, 0) is 14.3 Å². The number of anilines is 1. The first kappa shape index (κ1) is 17.5. The molecule has 1 aliphatic rings. The summed E-state index contributed by atoms with van der Waals surface area (Å²) in [6.07, 6.45) is -0.349. The predicted octanol–water partition coefficient (Wildman–Crippen LogP) is 3.23. The van der Waals surface area contributed by atoms with Gasteiger partial charge in [0.15, 0.2) is 6.29 Å². The number of hydrogen-bond acceptors (Lipinski definition) is 4. The van der Waals surface area contributed by atoms with Crippen LogP contribution < -0.4 is 9.64 Å². The number of ether oxygens (including phenoxy) is 2. The van der Waals surface area contributed by atoms with Crippen molar-refractivity contribution in [3.63, 3.8) is 0 Å². The van der Waals surface area contributed by atoms with Crippen molar-refractivity contribution in [2.24, 2.45) is 17.8 Å². The molecule has 1 aromatic rings. The van der Waals surface area contributed by atoms with Gasteiger partial charge in [-0.05, 0) is 37.1 Å². The van der Waals surface area contributed by atoms with Crippen molar-refractivity contribution in [1.29, 1.82) is 0 Å². The third kappa shape index (κ3) is 3.91. The molecule has 0 aromatic heterocycles. The molecule has 126 valence electrons. The van der Waals surface area contributed by atoms with Gasteiger partial charge < -0.3 is 9.47 Å². The SMILES string of the molecule is CC(C)COC(C)Oc1ccc(N2C(=O)C(C)C(C)C2=O)cc1. The van der Waals surface area contributed by atoms with Crippen LogP contribution in [0.25, 0.3) is 0 Å². The molecule has 1 fully saturated rings. The standard InChI is InChI=1S/C18H25NO4/c1-11(2)10-22-14(5)23-16-8-6-15(7-9-16)19-17(20)12(3)13(4)18(19)21/h6-9,11-14H,10H2,1-5H3. The summed E-state index contributed by atoms with van der Waals surface area (Å²) in [4.78, 5) is 25.6. The van der Waals surface area contributed by atoms with E-state index in [0.29, 0.717) is 24.0 Å². The van der Waals surface area contributed by atoms with Crippen molar-refractivity contribution in [3.8, 4) is 5.75 Å². The Morgan fingerprint density at radius 1 is 1.00 bits per heavy atom. The topological polar surface area (TPSA) is 55.8 Å². The van der Waals surface area contributed by atoms with Gasteiger partial charge in [0.05, 0.1) is 12.3 Å². The molecule has 5 nitrogen and oxygen atoms in total. The van der Waals surface area contributed by atoms with E-state index in [2.05, 4.69) is 13.8 Å². The predicted molar refractivity (Wildman–Crippen MR) is 88.1 cm³/mol. The number of carbonyl (C=O) groups excluding carboxylic acids is 2. The van der Waals surface area contributed by atoms with Gasteiger partial charge >= 0.3 is 0 Å². The maximum atomic E-state index is 12.2. The number of carbonyl (C=O) groups is 2. The molecule has 1 aromatic carbocycles. The number of amides is 2. The van der Waals surface area contributed by atoms with Crippen LogP contribution in [-0.4, -0.2) is 24.7 Å². The van der Waals surface area contributed by atoms with Crippen LogP contribution in [0.5, 0.6) is 5.75 Å². The third-order valence-electron chi connectivity index (χ3n) is 4.03. The van der Waals surface area contributed by atoms with Gasteiger partial charge in [0.2, 0.25) is 11.8 Å². The number of nitrogens with zero attached hydrogens (tertiary/aromatic N) is 1. The molecule has 1 heterocycles. The van der Waals surface area contributed by atoms with Crippen LogP contribution in [0.15, 0.2) is 24.3 Å². The largest absolute Gasteiger partial charge is 0.465 e. The highest BCUT2D eigenvalue weighted by Gasteiger charge is 2.42. The second-order valence-corrected chi connectivity index (χ2v) is 6.50. The molecule has 0 bridgehead atoms. The number of hydrogen-bond donors (Lipinski definition) is 0. The van der Waals surface area contributed by atoms with Crippen LogP contribution >= 0.6 is 0 Å². The molecular formula is C18H25NO4. The quantitative estimate of drug-likeness (QED) is 0.597. The van der Waals surface area contributed by atoms with Gasteiger partial charge in [-0.3, -0.25) is 14.5 Å². The first-order valence-electron chi connectivity index (χ1n) is 8.07. The second kappa shape index (κ2) is 7.13. The molecular weight excluding hydrogens is 294 g/mol. The molecule has 3 unspecified atom stereocenters. The molecule has 23 heavy (non-hydrogen) atoms. The van der Waals surface area contributed by atoms with E-state index < -0.39 is 0 Å². The minimum absolute atomic E-state index is 0.148. The number of imide groups is 1. The summed E-state index contributed by atoms with van der Waals surface area (Å²) in [7, 11) is 0. The number of benzene rings is 1. The van der Waals surface area contributed by atoms with Gasteiger partial charge in [0.25, 0.3) is 0 Å². The highest BCUT2D eigenvalue weighted by Crippen LogP contribution is 2.31. The van der Waals surface area contributed by atoms with Crippen molar-refractivity contribution < 1.29 is 19.1 Å². The molecule has 0 radical (unpaired) electrons. The molecule has 0 aliphatic carbocycles. The normalized spacial score (nSPS) is 22.8. The molecule has 2 rings (SSSR count). The molecule has 1 saturated heterocycles. The van der Waals surface area contributed by atoms with Crippen LogP contribution in [0.1, 0.15) is 34.6 Å². The third-order valence-corrected chi connectivity index (χ3v) is 4.03. The minimum atomic E-state index is -0.349. The van der Waals surface area contributed by atoms with E-state index >= 15 is 0 Å². The minimum Gasteiger partial charge on any atom is -0.465 e. The molecule has 2 amide bonds. The van der Waals surface area contributed by atoms with Crippen molar-refractivity contribution >= 4 is 17.5 Å². The Kier molecular flexibility index (Phi) is 5.42. The van der Waals surface area contributed by atoms with Crippen LogP contribution in [0.2, 0.25) is 0 Å². The summed E-state index contributed by atoms with van der Waals surface area (Å²) in [6, 6.07) is 6.95. The zero-order valence-corrected chi connectivity index (χ0v) is 14.4. The van der Waals surface area contributed by atoms with E-state index in [0.717, 1.165) is 0 Å². The van der Waals surface area contributed by atoms with Crippen LogP contribution in [0.4, 0.5) is 5.69 Å². The average Bonchev–Trinajstić information content (AvgIpc) is 2.70. The Labute approximate surface area is 137 Å². The highest BCUT2D eigenvalue weighted by molar-refractivity contribution is 6.21. The first-order chi connectivity index (χ1) is 10.8. The summed E-state index contributed by atoms with van der Waals surface area (Å²) in [6.45, 7) is 10.2. The van der Waals surface area contributed by atoms with Crippen molar-refractivity contribution in [2.75, 3.05) is 11.5 Å². The summed E-state index contributed by atoms with van der Waals surface area (Å²) < 4.78 is 11.2. The molecule has 0 spiro atoms. The fourth-order valence-corrected chi connectivity index (χ4v) is 2.43. The average molecular weight is 319 g/mol. The smallest absolute Gasteiger partial charge is 0.237 e. The van der Waals surface area contributed by atoms with E-state index in [4.69, 9.17) is 9.47 Å². The maximum absolute atomic E-state index is 12.2. The number of rotatable bonds is 6. The van der Waals surface area contributed by atoms with E-state index in [1.807, 2.05) is 6.92 Å². The molecule has 0 saturated carbocycles. The maximum Gasteiger partial charge on any atom is 0.237 e. The lowest BCUT2D eigenvalue weighted by atomic mass is 10.00. The highest BCUT2D eigenvalue weighted by atomic mass is 16.7. The zero-order chi connectivity index (χ0) is 17.1. The molecule has 5 heteroatoms. The Bertz CT molecular complexity index is 547. The van der Waals surface area contributed by atoms with E-state index in [-0.39, 0.29) is 29.9 Å². The fraction of sp³-hybridized carbons (Fsp3) is 0.556. The van der Waals surface area contributed by atoms with Gasteiger partial charge in [-0.1, -0.05) is 27.7 Å². The Balaban J connectivity index is 2.02. The lowest BCUT2D eigenvalue weighted by Gasteiger charge is -2.18. The van der Waals surface area contributed by atoms with Gasteiger partial charge in [-0.25, -0.2) is 0 Å². The summed E-state index contributed by atoms with van der Waals surface area (Å²) >= 11 is 0. The molecule has 3 atom stereocenters. The van der Waals surface area contributed by atoms with Gasteiger partial charge in [0.1, 0.15) is 5.75 Å². The van der Waals surface area contributed by atoms with Crippen molar-refractivity contribution in [1.82, 2.24) is 0 Å². The summed E-state index contributed by atoms with van der Waals surface area (Å²) in [5, 5.41) is 0. The summed E-state index contributed by atoms with van der Waals surface area (Å²) in [5.41, 5.74) is 0.583. The zero-order valence-electron chi connectivity index (χ0n) is 14.4. The van der Waals surface area contributed by atoms with Gasteiger partial charge in [-0.15, -0.1) is 0 Å². The van der Waals surface area contributed by atoms with E-state index in [9.17, 15) is 9.59 Å². The van der Waals surface area contributed by atoms with E-state index in [1.54, 1.807) is 38.1 Å². The van der Waals surface area contributed by atoms with Gasteiger partial charge in [0, 0.05) is 11.8 Å². The molecule has 1 aliphatic heterocycles. The van der Waals surface area contributed by atoms with E-state index in [1.165, 1.54) is 4.90 Å².